The summed E-state index contributed by atoms with van der Waals surface area (Å²) in [4.78, 5) is 10.5. The molecule has 0 aromatic heterocycles. The first-order chi connectivity index (χ1) is 7.08. The minimum absolute atomic E-state index is 0.0331. The van der Waals surface area contributed by atoms with Crippen LogP contribution in [0.4, 0.5) is 0 Å². The second-order valence-electron chi connectivity index (χ2n) is 3.14. The highest BCUT2D eigenvalue weighted by molar-refractivity contribution is 14.1. The standard InChI is InChI=1S/C11H10INO2/c1-2-9-8(6-13)3-7(4-10(9)12)5-11(14)15/h3-4H,2,5H2,1H3,(H,14,15). The van der Waals surface area contributed by atoms with E-state index in [4.69, 9.17) is 10.4 Å². The van der Waals surface area contributed by atoms with E-state index >= 15 is 0 Å². The highest BCUT2D eigenvalue weighted by atomic mass is 127. The molecule has 0 aliphatic heterocycles. The lowest BCUT2D eigenvalue weighted by molar-refractivity contribution is -0.136. The smallest absolute Gasteiger partial charge is 0.307 e. The van der Waals surface area contributed by atoms with Crippen LogP contribution in [0.1, 0.15) is 23.6 Å². The average Bonchev–Trinajstić information content (AvgIpc) is 2.15. The summed E-state index contributed by atoms with van der Waals surface area (Å²) >= 11 is 2.14. The van der Waals surface area contributed by atoms with Gasteiger partial charge in [-0.25, -0.2) is 0 Å². The van der Waals surface area contributed by atoms with Crippen LogP contribution in [-0.4, -0.2) is 11.1 Å². The first-order valence-electron chi connectivity index (χ1n) is 4.51. The Hall–Kier alpha value is -1.09. The Balaban J connectivity index is 3.21. The maximum atomic E-state index is 10.5. The normalized spacial score (nSPS) is 9.67. The Bertz CT molecular complexity index is 435. The van der Waals surface area contributed by atoms with Crippen LogP contribution in [0.5, 0.6) is 0 Å². The van der Waals surface area contributed by atoms with Gasteiger partial charge in [0, 0.05) is 3.57 Å². The number of rotatable bonds is 3. The minimum Gasteiger partial charge on any atom is -0.481 e. The SMILES string of the molecule is CCc1c(I)cc(CC(=O)O)cc1C#N. The van der Waals surface area contributed by atoms with E-state index in [0.717, 1.165) is 15.6 Å². The summed E-state index contributed by atoms with van der Waals surface area (Å²) in [6.07, 6.45) is 0.753. The highest BCUT2D eigenvalue weighted by Crippen LogP contribution is 2.20. The third kappa shape index (κ3) is 2.93. The molecule has 0 heterocycles. The topological polar surface area (TPSA) is 61.1 Å². The molecule has 1 aromatic carbocycles. The highest BCUT2D eigenvalue weighted by Gasteiger charge is 2.09. The first kappa shape index (κ1) is 12.0. The second kappa shape index (κ2) is 5.12. The van der Waals surface area contributed by atoms with E-state index in [-0.39, 0.29) is 6.42 Å². The fourth-order valence-electron chi connectivity index (χ4n) is 1.43. The van der Waals surface area contributed by atoms with E-state index in [1.165, 1.54) is 0 Å². The Morgan fingerprint density at radius 2 is 2.27 bits per heavy atom. The van der Waals surface area contributed by atoms with Gasteiger partial charge in [0.25, 0.3) is 0 Å². The van der Waals surface area contributed by atoms with Crippen molar-refractivity contribution in [3.05, 3.63) is 32.4 Å². The molecule has 0 atom stereocenters. The summed E-state index contributed by atoms with van der Waals surface area (Å²) in [5, 5.41) is 17.6. The summed E-state index contributed by atoms with van der Waals surface area (Å²) in [7, 11) is 0. The number of nitrogens with zero attached hydrogens (tertiary/aromatic N) is 1. The molecule has 0 bridgehead atoms. The van der Waals surface area contributed by atoms with Crippen molar-refractivity contribution in [1.82, 2.24) is 0 Å². The molecule has 78 valence electrons. The van der Waals surface area contributed by atoms with Gasteiger partial charge >= 0.3 is 5.97 Å². The molecule has 0 saturated heterocycles. The number of carbonyl (C=O) groups is 1. The van der Waals surface area contributed by atoms with Crippen molar-refractivity contribution in [2.24, 2.45) is 0 Å². The fraction of sp³-hybridized carbons (Fsp3) is 0.273. The van der Waals surface area contributed by atoms with Crippen molar-refractivity contribution >= 4 is 28.6 Å². The van der Waals surface area contributed by atoms with Crippen LogP contribution >= 0.6 is 22.6 Å². The lowest BCUT2D eigenvalue weighted by atomic mass is 10.0. The quantitative estimate of drug-likeness (QED) is 0.871. The van der Waals surface area contributed by atoms with Gasteiger partial charge < -0.3 is 5.11 Å². The van der Waals surface area contributed by atoms with Crippen molar-refractivity contribution in [3.63, 3.8) is 0 Å². The Morgan fingerprint density at radius 3 is 2.73 bits per heavy atom. The lowest BCUT2D eigenvalue weighted by Crippen LogP contribution is -2.03. The zero-order valence-corrected chi connectivity index (χ0v) is 10.4. The number of aliphatic carboxylic acids is 1. The van der Waals surface area contributed by atoms with Gasteiger partial charge in [-0.2, -0.15) is 5.26 Å². The van der Waals surface area contributed by atoms with Gasteiger partial charge in [0.1, 0.15) is 0 Å². The number of hydrogen-bond acceptors (Lipinski definition) is 2. The second-order valence-corrected chi connectivity index (χ2v) is 4.30. The van der Waals surface area contributed by atoms with Crippen LogP contribution in [-0.2, 0) is 17.6 Å². The summed E-state index contributed by atoms with van der Waals surface area (Å²) < 4.78 is 0.963. The predicted octanol–water partition coefficient (Wildman–Crippen LogP) is 2.35. The maximum absolute atomic E-state index is 10.5. The van der Waals surface area contributed by atoms with Crippen LogP contribution in [0.15, 0.2) is 12.1 Å². The van der Waals surface area contributed by atoms with Crippen molar-refractivity contribution in [1.29, 1.82) is 5.26 Å². The average molecular weight is 315 g/mol. The molecular formula is C11H10INO2. The van der Waals surface area contributed by atoms with Crippen LogP contribution in [0.2, 0.25) is 0 Å². The van der Waals surface area contributed by atoms with Gasteiger partial charge in [-0.3, -0.25) is 4.79 Å². The summed E-state index contributed by atoms with van der Waals surface area (Å²) in [6.45, 7) is 1.98. The van der Waals surface area contributed by atoms with Gasteiger partial charge in [-0.1, -0.05) is 6.92 Å². The Labute approximate surface area is 102 Å². The largest absolute Gasteiger partial charge is 0.481 e. The molecular weight excluding hydrogens is 305 g/mol. The molecule has 0 spiro atoms. The molecule has 0 aliphatic rings. The van der Waals surface area contributed by atoms with Crippen molar-refractivity contribution < 1.29 is 9.90 Å². The molecule has 0 fully saturated rings. The molecule has 1 N–H and O–H groups in total. The lowest BCUT2D eigenvalue weighted by Gasteiger charge is -2.06. The molecule has 0 aliphatic carbocycles. The van der Waals surface area contributed by atoms with Gasteiger partial charge in [-0.05, 0) is 52.3 Å². The molecule has 0 radical (unpaired) electrons. The van der Waals surface area contributed by atoms with Gasteiger partial charge in [0.2, 0.25) is 0 Å². The molecule has 3 nitrogen and oxygen atoms in total. The molecule has 0 amide bonds. The van der Waals surface area contributed by atoms with E-state index < -0.39 is 5.97 Å². The number of halogens is 1. The first-order valence-corrected chi connectivity index (χ1v) is 5.59. The molecule has 4 heteroatoms. The van der Waals surface area contributed by atoms with Gasteiger partial charge in [0.05, 0.1) is 18.1 Å². The van der Waals surface area contributed by atoms with Crippen molar-refractivity contribution in [3.8, 4) is 6.07 Å². The van der Waals surface area contributed by atoms with E-state index in [1.54, 1.807) is 6.07 Å². The number of hydrogen-bond donors (Lipinski definition) is 1. The molecule has 15 heavy (non-hydrogen) atoms. The number of benzene rings is 1. The van der Waals surface area contributed by atoms with E-state index in [9.17, 15) is 4.79 Å². The fourth-order valence-corrected chi connectivity index (χ4v) is 2.50. The third-order valence-electron chi connectivity index (χ3n) is 2.08. The predicted molar refractivity (Wildman–Crippen MR) is 64.6 cm³/mol. The Morgan fingerprint density at radius 1 is 1.60 bits per heavy atom. The van der Waals surface area contributed by atoms with Crippen LogP contribution in [0, 0.1) is 14.9 Å². The molecule has 1 rings (SSSR count). The summed E-state index contributed by atoms with van der Waals surface area (Å²) in [5.41, 5.74) is 2.26. The van der Waals surface area contributed by atoms with Crippen molar-refractivity contribution in [2.75, 3.05) is 0 Å². The zero-order valence-electron chi connectivity index (χ0n) is 8.25. The maximum Gasteiger partial charge on any atom is 0.307 e. The third-order valence-corrected chi connectivity index (χ3v) is 3.05. The monoisotopic (exact) mass is 315 g/mol. The summed E-state index contributed by atoms with van der Waals surface area (Å²) in [5.74, 6) is -0.876. The molecule has 1 aromatic rings. The van der Waals surface area contributed by atoms with Gasteiger partial charge in [-0.15, -0.1) is 0 Å². The number of carboxylic acids is 1. The number of carboxylic acid groups (broad SMARTS) is 1. The van der Waals surface area contributed by atoms with Crippen LogP contribution in [0.25, 0.3) is 0 Å². The summed E-state index contributed by atoms with van der Waals surface area (Å²) in [6, 6.07) is 5.59. The Kier molecular flexibility index (Phi) is 4.09. The minimum atomic E-state index is -0.876. The van der Waals surface area contributed by atoms with Gasteiger partial charge in [0.15, 0.2) is 0 Å². The van der Waals surface area contributed by atoms with E-state index in [0.29, 0.717) is 11.1 Å². The van der Waals surface area contributed by atoms with Crippen LogP contribution < -0.4 is 0 Å². The van der Waals surface area contributed by atoms with E-state index in [1.807, 2.05) is 13.0 Å². The zero-order chi connectivity index (χ0) is 11.4. The van der Waals surface area contributed by atoms with Crippen LogP contribution in [0.3, 0.4) is 0 Å². The molecule has 0 unspecified atom stereocenters. The molecule has 0 saturated carbocycles. The number of nitriles is 1. The van der Waals surface area contributed by atoms with E-state index in [2.05, 4.69) is 28.7 Å². The van der Waals surface area contributed by atoms with Crippen molar-refractivity contribution in [2.45, 2.75) is 19.8 Å².